The predicted octanol–water partition coefficient (Wildman–Crippen LogP) is 6.63. The van der Waals surface area contributed by atoms with Gasteiger partial charge in [0, 0.05) is 95.1 Å². The van der Waals surface area contributed by atoms with E-state index in [1.165, 1.54) is 39.8 Å². The number of hydrogen-bond donors (Lipinski definition) is 10. The average Bonchev–Trinajstić information content (AvgIpc) is 0.862. The zero-order chi connectivity index (χ0) is 82.1. The number of piperidine rings is 1. The molecular weight excluding hydrogens is 1640 g/mol. The molecule has 0 bridgehead atoms. The van der Waals surface area contributed by atoms with Gasteiger partial charge in [-0.25, -0.2) is 23.3 Å². The number of allylic oxidation sites excluding steroid dienone is 1. The molecule has 45 heteroatoms. The third-order valence-electron chi connectivity index (χ3n) is 18.0. The third-order valence-corrected chi connectivity index (χ3v) is 25.6. The molecule has 114 heavy (non-hydrogen) atoms. The van der Waals surface area contributed by atoms with Gasteiger partial charge in [-0.15, -0.1) is 0 Å². The number of esters is 1. The number of ether oxygens (including phenoxy) is 6. The summed E-state index contributed by atoms with van der Waals surface area (Å²) in [5, 5.41) is 11.6. The van der Waals surface area contributed by atoms with Crippen LogP contribution in [0.1, 0.15) is 116 Å². The number of rotatable bonds is 38. The van der Waals surface area contributed by atoms with Crippen LogP contribution in [0.15, 0.2) is 135 Å². The average molecular weight is 1720 g/mol. The fraction of sp³-hybridized carbons (Fsp3) is 0.420. The van der Waals surface area contributed by atoms with Crippen LogP contribution in [0.2, 0.25) is 0 Å². The topological polar surface area (TPSA) is 538 Å². The molecule has 2 fully saturated rings. The zero-order valence-electron chi connectivity index (χ0n) is 61.0. The molecule has 38 nitrogen and oxygen atoms in total. The Labute approximate surface area is 660 Å². The molecule has 4 aromatic carbocycles. The Hall–Kier alpha value is -8.30. The van der Waals surface area contributed by atoms with Gasteiger partial charge in [0.25, 0.3) is 37.6 Å². The van der Waals surface area contributed by atoms with Crippen LogP contribution in [0, 0.1) is 11.8 Å². The second-order valence-corrected chi connectivity index (χ2v) is 36.4. The van der Waals surface area contributed by atoms with Crippen molar-refractivity contribution in [3.05, 3.63) is 196 Å². The van der Waals surface area contributed by atoms with Crippen molar-refractivity contribution in [1.82, 2.24) is 30.4 Å². The maximum atomic E-state index is 14.4. The van der Waals surface area contributed by atoms with Crippen LogP contribution >= 0.6 is 45.1 Å². The summed E-state index contributed by atoms with van der Waals surface area (Å²) in [5.41, 5.74) is 13.8. The number of aromatic amines is 1. The molecule has 4 aliphatic heterocycles. The van der Waals surface area contributed by atoms with Gasteiger partial charge in [-0.3, -0.25) is 47.3 Å². The Kier molecular flexibility index (Phi) is 30.6. The fourth-order valence-electron chi connectivity index (χ4n) is 13.1. The molecule has 1 aromatic heterocycles. The van der Waals surface area contributed by atoms with Crippen LogP contribution in [0.5, 0.6) is 11.5 Å². The van der Waals surface area contributed by atoms with E-state index in [0.717, 1.165) is 63.6 Å². The van der Waals surface area contributed by atoms with E-state index in [1.807, 2.05) is 43.5 Å². The predicted molar refractivity (Wildman–Crippen MR) is 414 cm³/mol. The van der Waals surface area contributed by atoms with E-state index < -0.39 is 134 Å². The lowest BCUT2D eigenvalue weighted by Crippen LogP contribution is -2.42. The van der Waals surface area contributed by atoms with Crippen LogP contribution in [0.25, 0.3) is 16.0 Å². The number of anilines is 1. The molecule has 5 aliphatic rings. The summed E-state index contributed by atoms with van der Waals surface area (Å²) in [5.74, 6) is 2.98. The van der Waals surface area contributed by atoms with Gasteiger partial charge in [0.2, 0.25) is 5.91 Å². The van der Waals surface area contributed by atoms with Gasteiger partial charge in [0.05, 0.1) is 49.5 Å². The summed E-state index contributed by atoms with van der Waals surface area (Å²) in [4.78, 5) is 127. The number of likely N-dealkylation sites (tertiary alicyclic amines) is 1. The molecular formula is C69H81N10O28P3S4. The Bertz CT molecular complexity index is 5180. The Morgan fingerprint density at radius 1 is 0.842 bits per heavy atom. The van der Waals surface area contributed by atoms with Crippen molar-refractivity contribution in [3.63, 3.8) is 0 Å². The summed E-state index contributed by atoms with van der Waals surface area (Å²) in [7, 11) is -22.9. The molecule has 614 valence electrons. The van der Waals surface area contributed by atoms with Gasteiger partial charge in [-0.05, 0) is 135 Å². The normalized spacial score (nSPS) is 19.0. The number of fused-ring (bicyclic) bond motifs is 4. The highest BCUT2D eigenvalue weighted by molar-refractivity contribution is 8.76. The van der Waals surface area contributed by atoms with Crippen molar-refractivity contribution < 1.29 is 120 Å². The van der Waals surface area contributed by atoms with Gasteiger partial charge in [-0.1, -0.05) is 81.0 Å². The second kappa shape index (κ2) is 39.6. The third kappa shape index (κ3) is 25.1. The number of carbonyl (C=O) groups is 4. The maximum absolute atomic E-state index is 14.4. The second-order valence-electron chi connectivity index (χ2n) is 26.0. The first-order chi connectivity index (χ1) is 54.1. The number of aryl methyl sites for hydroxylation is 1. The monoisotopic (exact) mass is 1720 g/mol. The quantitative estimate of drug-likeness (QED) is 0.00228. The minimum atomic E-state index is -5.94. The lowest BCUT2D eigenvalue weighted by molar-refractivity contribution is -0.126. The largest absolute Gasteiger partial charge is 0.491 e. The summed E-state index contributed by atoms with van der Waals surface area (Å²) in [6.07, 6.45) is 4.26. The number of nitrogens with zero attached hydrogens (tertiary/aromatic N) is 6. The van der Waals surface area contributed by atoms with E-state index in [0.29, 0.717) is 60.8 Å². The number of nitrogens with one attached hydrogen (secondary N) is 4. The number of benzene rings is 4. The molecule has 5 heterocycles. The first-order valence-electron chi connectivity index (χ1n) is 35.2. The van der Waals surface area contributed by atoms with Crippen molar-refractivity contribution in [2.24, 2.45) is 5.11 Å². The van der Waals surface area contributed by atoms with Crippen molar-refractivity contribution in [3.8, 4) is 23.3 Å². The zero-order valence-corrected chi connectivity index (χ0v) is 66.9. The summed E-state index contributed by atoms with van der Waals surface area (Å²) < 4.78 is 150. The van der Waals surface area contributed by atoms with Crippen LogP contribution in [0.4, 0.5) is 5.69 Å². The number of phosphoric acid groups is 3. The molecule has 5 aromatic rings. The summed E-state index contributed by atoms with van der Waals surface area (Å²) >= 11 is 0. The first kappa shape index (κ1) is 88.1. The van der Waals surface area contributed by atoms with Crippen molar-refractivity contribution in [2.45, 2.75) is 87.8 Å². The van der Waals surface area contributed by atoms with Gasteiger partial charge < -0.3 is 68.8 Å². The molecule has 0 spiro atoms. The lowest BCUT2D eigenvalue weighted by Gasteiger charge is -2.40. The maximum Gasteiger partial charge on any atom is 0.490 e. The van der Waals surface area contributed by atoms with E-state index in [2.05, 4.69) is 67.3 Å². The number of phosphoric ester groups is 1. The van der Waals surface area contributed by atoms with E-state index in [9.17, 15) is 83.7 Å². The lowest BCUT2D eigenvalue weighted by atomic mass is 9.80. The van der Waals surface area contributed by atoms with E-state index in [4.69, 9.17) is 42.7 Å². The molecule has 10 N–H and O–H groups in total. The van der Waals surface area contributed by atoms with Gasteiger partial charge in [0.1, 0.15) is 54.5 Å². The molecule has 10 rings (SSSR count). The highest BCUT2D eigenvalue weighted by Gasteiger charge is 2.45. The molecule has 2 saturated heterocycles. The summed E-state index contributed by atoms with van der Waals surface area (Å²) in [6, 6.07) is 23.4. The standard InChI is InChI=1S/C69H81N10O28P3S4/c1-43(112-111-2)49-18-3-6-21-52(49)68(84)105-59-38-63(104-60(59)40-102-109(89,90)107-110(91,92)106-108(86,87)88)79-39-47(66(82)74-69(79)85)14-8-22-71-61(80)41-99-29-30-100-62(75-76-70)42-101-48-17-7-13-46(33-48)65(81)72-23-24-73-67(83)51-20-5-4-19-50(51)64-53-34-44-15-9-25-77(27-11-31-113(93,94)95)55(44)36-57(53)103-58-37-56-45(35-54(58)64)16-10-26-78(56)28-12-32-114(96,97)98/h3-7,13,17-21,33-37,39,43,55,59-60,62-63H,9-12,15-16,22-32,38,40-42H2,1-2H3,(H,71,80)(H,72,81)(H,73,83)(H,89,90)(H,91,92)(H,74,82,85)(H2,86,87,88)(H,93,94,95)(H,96,97,98)/t43?,55?,59?,60-,62?,63-/m1/s1. The molecule has 8 atom stereocenters. The fourth-order valence-corrected chi connectivity index (χ4v) is 18.9. The molecule has 0 saturated carbocycles. The number of hydrogen-bond acceptors (Lipinski definition) is 27. The highest BCUT2D eigenvalue weighted by Crippen LogP contribution is 2.66. The number of amides is 3. The first-order valence-corrected chi connectivity index (χ1v) is 45.6. The van der Waals surface area contributed by atoms with Crippen LogP contribution in [-0.2, 0) is 77.2 Å². The number of H-pyrrole nitrogens is 1. The van der Waals surface area contributed by atoms with Gasteiger partial charge >= 0.3 is 35.1 Å². The SMILES string of the molecule is CSSC(C)c1ccccc1C(=O)OC1C[C@H](n2cc(C#CCNC(=O)COCCOC(COc3cccc(C(=O)NCCNC(=O)c4ccccc4C4=C5C=C6CCCN(CCCS(=O)(=O)O)C6C=C5Oc5cc6c(cc54)CCCN6CCCS(=O)(=O)O)c3)N=[N+]=[N-])c(=O)[nH]c2=O)O[C@@H]1COP(=O)(O)OP(=O)(O)OP(=O)(O)O. The van der Waals surface area contributed by atoms with Crippen LogP contribution in [-0.4, -0.2) is 205 Å². The molecule has 6 unspecified atom stereocenters. The smallest absolute Gasteiger partial charge is 0.490 e. The van der Waals surface area contributed by atoms with Gasteiger partial charge in [0.15, 0.2) is 6.23 Å². The number of azide groups is 1. The minimum absolute atomic E-state index is 0.000710. The molecule has 0 radical (unpaired) electrons. The van der Waals surface area contributed by atoms with Crippen molar-refractivity contribution in [2.75, 3.05) is 102 Å². The Morgan fingerprint density at radius 3 is 2.30 bits per heavy atom. The number of carbonyl (C=O) groups excluding carboxylic acids is 4. The van der Waals surface area contributed by atoms with Crippen LogP contribution in [0.3, 0.4) is 0 Å². The van der Waals surface area contributed by atoms with E-state index in [-0.39, 0.29) is 86.0 Å². The van der Waals surface area contributed by atoms with Crippen LogP contribution < -0.4 is 41.6 Å². The van der Waals surface area contributed by atoms with E-state index >= 15 is 0 Å². The molecule has 3 amide bonds. The summed E-state index contributed by atoms with van der Waals surface area (Å²) in [6.45, 7) is 1.25. The highest BCUT2D eigenvalue weighted by atomic mass is 33.1. The Balaban J connectivity index is 0.699. The molecule has 1 aliphatic carbocycles. The van der Waals surface area contributed by atoms with Gasteiger partial charge in [-0.2, -0.15) is 25.5 Å². The Morgan fingerprint density at radius 2 is 1.56 bits per heavy atom. The van der Waals surface area contributed by atoms with Crippen molar-refractivity contribution >= 4 is 100 Å². The van der Waals surface area contributed by atoms with Crippen molar-refractivity contribution in [1.29, 1.82) is 0 Å². The minimum Gasteiger partial charge on any atom is -0.491 e. The number of aromatic nitrogens is 2. The van der Waals surface area contributed by atoms with E-state index in [1.54, 1.807) is 42.5 Å².